The van der Waals surface area contributed by atoms with E-state index in [9.17, 15) is 9.59 Å². The summed E-state index contributed by atoms with van der Waals surface area (Å²) < 4.78 is 6.17. The molecule has 9 heteroatoms. The zero-order chi connectivity index (χ0) is 20.9. The maximum atomic E-state index is 12.3. The molecule has 1 N–H and O–H groups in total. The first kappa shape index (κ1) is 26.7. The van der Waals surface area contributed by atoms with Crippen molar-refractivity contribution in [3.63, 3.8) is 0 Å². The van der Waals surface area contributed by atoms with Crippen LogP contribution in [0.5, 0.6) is 5.75 Å². The Hall–Kier alpha value is -1.54. The predicted octanol–water partition coefficient (Wildman–Crippen LogP) is 3.03. The van der Waals surface area contributed by atoms with Crippen LogP contribution in [0, 0.1) is 0 Å². The molecule has 0 bridgehead atoms. The predicted molar refractivity (Wildman–Crippen MR) is 131 cm³/mol. The van der Waals surface area contributed by atoms with Crippen molar-refractivity contribution in [3.8, 4) is 5.75 Å². The van der Waals surface area contributed by atoms with Crippen LogP contribution in [0.25, 0.3) is 0 Å². The van der Waals surface area contributed by atoms with E-state index in [-0.39, 0.29) is 42.7 Å². The highest BCUT2D eigenvalue weighted by molar-refractivity contribution is 5.92. The van der Waals surface area contributed by atoms with Gasteiger partial charge in [-0.15, -0.1) is 24.8 Å². The number of piperidine rings is 1. The number of hydrogen-bond donors (Lipinski definition) is 1. The minimum Gasteiger partial charge on any atom is -0.490 e. The molecule has 2 amide bonds. The number of halogens is 2. The molecule has 3 aliphatic rings. The second-order valence-electron chi connectivity index (χ2n) is 8.79. The smallest absolute Gasteiger partial charge is 0.238 e. The van der Waals surface area contributed by atoms with Gasteiger partial charge in [-0.1, -0.05) is 6.42 Å². The lowest BCUT2D eigenvalue weighted by Gasteiger charge is -2.41. The van der Waals surface area contributed by atoms with Gasteiger partial charge in [-0.05, 0) is 49.9 Å². The second kappa shape index (κ2) is 12.6. The average molecular weight is 487 g/mol. The van der Waals surface area contributed by atoms with Crippen molar-refractivity contribution in [2.45, 2.75) is 51.2 Å². The first-order valence-corrected chi connectivity index (χ1v) is 11.4. The summed E-state index contributed by atoms with van der Waals surface area (Å²) in [5.41, 5.74) is 0.787. The molecular formula is C23H36Cl2N4O3. The van der Waals surface area contributed by atoms with Crippen LogP contribution in [0.3, 0.4) is 0 Å². The number of nitrogens with one attached hydrogen (secondary N) is 1. The zero-order valence-corrected chi connectivity index (χ0v) is 20.5. The normalized spacial score (nSPS) is 20.5. The third-order valence-electron chi connectivity index (χ3n) is 6.69. The van der Waals surface area contributed by atoms with Gasteiger partial charge < -0.3 is 19.9 Å². The van der Waals surface area contributed by atoms with E-state index in [2.05, 4.69) is 15.1 Å². The Bertz CT molecular complexity index is 729. The van der Waals surface area contributed by atoms with Crippen molar-refractivity contribution in [2.24, 2.45) is 0 Å². The monoisotopic (exact) mass is 486 g/mol. The van der Waals surface area contributed by atoms with E-state index in [1.54, 1.807) is 6.92 Å². The van der Waals surface area contributed by atoms with Crippen LogP contribution >= 0.6 is 24.8 Å². The Labute approximate surface area is 203 Å². The van der Waals surface area contributed by atoms with Crippen LogP contribution in [0.1, 0.15) is 39.0 Å². The van der Waals surface area contributed by atoms with Gasteiger partial charge in [-0.25, -0.2) is 0 Å². The van der Waals surface area contributed by atoms with Gasteiger partial charge in [-0.2, -0.15) is 0 Å². The summed E-state index contributed by atoms with van der Waals surface area (Å²) in [5.74, 6) is 0.948. The molecular weight excluding hydrogens is 451 g/mol. The number of amides is 2. The highest BCUT2D eigenvalue weighted by atomic mass is 35.5. The number of nitrogens with zero attached hydrogens (tertiary/aromatic N) is 3. The number of piperazine rings is 1. The molecule has 32 heavy (non-hydrogen) atoms. The topological polar surface area (TPSA) is 65.1 Å². The summed E-state index contributed by atoms with van der Waals surface area (Å²) in [6, 6.07) is 8.53. The van der Waals surface area contributed by atoms with Gasteiger partial charge in [0.05, 0.1) is 6.54 Å². The van der Waals surface area contributed by atoms with Gasteiger partial charge in [0.1, 0.15) is 11.9 Å². The van der Waals surface area contributed by atoms with E-state index in [0.29, 0.717) is 19.6 Å². The minimum atomic E-state index is -0.0247. The molecule has 2 heterocycles. The van der Waals surface area contributed by atoms with Gasteiger partial charge in [-0.3, -0.25) is 14.5 Å². The molecule has 1 aliphatic carbocycles. The number of carbonyl (C=O) groups excluding carboxylic acids is 2. The third-order valence-corrected chi connectivity index (χ3v) is 6.69. The number of anilines is 1. The molecule has 180 valence electrons. The number of ether oxygens (including phenoxy) is 1. The fourth-order valence-electron chi connectivity index (χ4n) is 4.54. The van der Waals surface area contributed by atoms with Crippen molar-refractivity contribution >= 4 is 42.3 Å². The molecule has 3 fully saturated rings. The lowest BCUT2D eigenvalue weighted by Crippen LogP contribution is -2.49. The average Bonchev–Trinajstić information content (AvgIpc) is 2.70. The molecule has 0 spiro atoms. The van der Waals surface area contributed by atoms with E-state index < -0.39 is 0 Å². The Balaban J connectivity index is 0.00000181. The van der Waals surface area contributed by atoms with Crippen LogP contribution < -0.4 is 10.1 Å². The van der Waals surface area contributed by atoms with E-state index in [0.717, 1.165) is 56.5 Å². The number of rotatable bonds is 6. The molecule has 2 aliphatic heterocycles. The molecule has 0 unspecified atom stereocenters. The van der Waals surface area contributed by atoms with Crippen LogP contribution in [0.2, 0.25) is 0 Å². The van der Waals surface area contributed by atoms with Gasteiger partial charge in [0, 0.05) is 57.9 Å². The van der Waals surface area contributed by atoms with E-state index in [4.69, 9.17) is 4.74 Å². The summed E-state index contributed by atoms with van der Waals surface area (Å²) in [6.07, 6.45) is 6.59. The fraction of sp³-hybridized carbons (Fsp3) is 0.652. The molecule has 4 rings (SSSR count). The van der Waals surface area contributed by atoms with Crippen molar-refractivity contribution in [2.75, 3.05) is 51.1 Å². The van der Waals surface area contributed by atoms with Gasteiger partial charge >= 0.3 is 0 Å². The molecule has 1 aromatic carbocycles. The maximum Gasteiger partial charge on any atom is 0.238 e. The van der Waals surface area contributed by atoms with E-state index >= 15 is 0 Å². The fourth-order valence-corrected chi connectivity index (χ4v) is 4.54. The molecule has 0 atom stereocenters. The van der Waals surface area contributed by atoms with Crippen molar-refractivity contribution < 1.29 is 14.3 Å². The molecule has 1 aromatic rings. The van der Waals surface area contributed by atoms with Crippen LogP contribution in [-0.4, -0.2) is 84.5 Å². The Morgan fingerprint density at radius 3 is 2.09 bits per heavy atom. The summed E-state index contributed by atoms with van der Waals surface area (Å²) in [5, 5.41) is 2.96. The third kappa shape index (κ3) is 7.24. The summed E-state index contributed by atoms with van der Waals surface area (Å²) in [4.78, 5) is 30.3. The first-order valence-electron chi connectivity index (χ1n) is 11.4. The minimum absolute atomic E-state index is 0. The summed E-state index contributed by atoms with van der Waals surface area (Å²) in [7, 11) is 0. The second-order valence-corrected chi connectivity index (χ2v) is 8.79. The molecule has 1 saturated carbocycles. The maximum absolute atomic E-state index is 12.3. The molecule has 2 saturated heterocycles. The summed E-state index contributed by atoms with van der Waals surface area (Å²) >= 11 is 0. The largest absolute Gasteiger partial charge is 0.490 e. The number of likely N-dealkylation sites (tertiary alicyclic amines) is 1. The zero-order valence-electron chi connectivity index (χ0n) is 18.8. The Morgan fingerprint density at radius 2 is 1.56 bits per heavy atom. The van der Waals surface area contributed by atoms with E-state index in [1.807, 2.05) is 29.2 Å². The Kier molecular flexibility index (Phi) is 10.5. The molecule has 0 radical (unpaired) electrons. The standard InChI is InChI=1S/C23H34N4O3.2ClH/c1-18(28)26-15-13-25(14-16-26)17-23(29)24-19-5-7-21(8-6-19)30-22-9-11-27(12-10-22)20-3-2-4-20;;/h5-8,20,22H,2-4,9-17H2,1H3,(H,24,29);2*1H. The number of carbonyl (C=O) groups is 2. The summed E-state index contributed by atoms with van der Waals surface area (Å²) in [6.45, 7) is 7.08. The van der Waals surface area contributed by atoms with Gasteiger partial charge in [0.2, 0.25) is 11.8 Å². The van der Waals surface area contributed by atoms with Crippen LogP contribution in [0.4, 0.5) is 5.69 Å². The highest BCUT2D eigenvalue weighted by Gasteiger charge is 2.29. The van der Waals surface area contributed by atoms with Crippen molar-refractivity contribution in [1.82, 2.24) is 14.7 Å². The van der Waals surface area contributed by atoms with Crippen molar-refractivity contribution in [3.05, 3.63) is 24.3 Å². The van der Waals surface area contributed by atoms with Gasteiger partial charge in [0.15, 0.2) is 0 Å². The van der Waals surface area contributed by atoms with Gasteiger partial charge in [0.25, 0.3) is 0 Å². The van der Waals surface area contributed by atoms with Crippen LogP contribution in [-0.2, 0) is 9.59 Å². The lowest BCUT2D eigenvalue weighted by atomic mass is 9.90. The number of benzene rings is 1. The van der Waals surface area contributed by atoms with Crippen LogP contribution in [0.15, 0.2) is 24.3 Å². The quantitative estimate of drug-likeness (QED) is 0.669. The molecule has 0 aromatic heterocycles. The Morgan fingerprint density at radius 1 is 0.938 bits per heavy atom. The first-order chi connectivity index (χ1) is 14.6. The van der Waals surface area contributed by atoms with Crippen molar-refractivity contribution in [1.29, 1.82) is 0 Å². The molecule has 7 nitrogen and oxygen atoms in total. The number of hydrogen-bond acceptors (Lipinski definition) is 5. The SMILES string of the molecule is CC(=O)N1CCN(CC(=O)Nc2ccc(OC3CCN(C4CCC4)CC3)cc2)CC1.Cl.Cl. The lowest BCUT2D eigenvalue weighted by molar-refractivity contribution is -0.130. The highest BCUT2D eigenvalue weighted by Crippen LogP contribution is 2.28. The van der Waals surface area contributed by atoms with E-state index in [1.165, 1.54) is 19.3 Å².